The van der Waals surface area contributed by atoms with Crippen molar-refractivity contribution in [1.29, 1.82) is 0 Å². The molecule has 0 bridgehead atoms. The number of carbonyl (C=O) groups excluding carboxylic acids is 1. The molecule has 1 aliphatic carbocycles. The van der Waals surface area contributed by atoms with Crippen LogP contribution in [0.1, 0.15) is 0 Å². The molecule has 3 atom stereocenters. The van der Waals surface area contributed by atoms with Gasteiger partial charge in [-0.15, -0.1) is 0 Å². The highest BCUT2D eigenvalue weighted by Gasteiger charge is 2.46. The Morgan fingerprint density at radius 3 is 2.72 bits per heavy atom. The van der Waals surface area contributed by atoms with Gasteiger partial charge in [0, 0.05) is 19.6 Å². The van der Waals surface area contributed by atoms with Crippen molar-refractivity contribution in [3.63, 3.8) is 0 Å². The molecule has 0 aromatic rings. The zero-order chi connectivity index (χ0) is 13.6. The minimum atomic E-state index is -1.97. The lowest BCUT2D eigenvalue weighted by Crippen LogP contribution is -2.61. The van der Waals surface area contributed by atoms with E-state index in [1.807, 2.05) is 19.2 Å². The van der Waals surface area contributed by atoms with E-state index in [-0.39, 0.29) is 6.54 Å². The van der Waals surface area contributed by atoms with Gasteiger partial charge < -0.3 is 26.0 Å². The van der Waals surface area contributed by atoms with Crippen molar-refractivity contribution in [2.75, 3.05) is 26.7 Å². The monoisotopic (exact) mass is 256 g/mol. The topological polar surface area (TPSA) is 102 Å². The summed E-state index contributed by atoms with van der Waals surface area (Å²) in [6, 6.07) is 0. The first-order valence-corrected chi connectivity index (χ1v) is 5.84. The van der Waals surface area contributed by atoms with Crippen LogP contribution < -0.4 is 10.6 Å². The third kappa shape index (κ3) is 3.47. The van der Waals surface area contributed by atoms with E-state index >= 15 is 0 Å². The summed E-state index contributed by atoms with van der Waals surface area (Å²) in [5, 5.41) is 34.9. The highest BCUT2D eigenvalue weighted by molar-refractivity contribution is 5.98. The summed E-state index contributed by atoms with van der Waals surface area (Å²) in [5.74, 6) is -0.605. The second-order valence-corrected chi connectivity index (χ2v) is 4.24. The molecule has 0 spiro atoms. The fourth-order valence-electron chi connectivity index (χ4n) is 1.69. The van der Waals surface area contributed by atoms with Gasteiger partial charge in [0.25, 0.3) is 0 Å². The lowest BCUT2D eigenvalue weighted by molar-refractivity contribution is -0.155. The van der Waals surface area contributed by atoms with Crippen LogP contribution in [0.4, 0.5) is 0 Å². The van der Waals surface area contributed by atoms with Crippen LogP contribution in [0.15, 0.2) is 24.3 Å². The van der Waals surface area contributed by atoms with Crippen LogP contribution in [0, 0.1) is 0 Å². The van der Waals surface area contributed by atoms with Crippen LogP contribution >= 0.6 is 0 Å². The smallest absolute Gasteiger partial charge is 0.191 e. The van der Waals surface area contributed by atoms with Crippen molar-refractivity contribution in [3.8, 4) is 0 Å². The third-order valence-electron chi connectivity index (χ3n) is 2.83. The van der Waals surface area contributed by atoms with E-state index in [4.69, 9.17) is 0 Å². The number of nitrogens with one attached hydrogen (secondary N) is 2. The SMILES string of the molecule is CNC/C=C\CNC[C@]1(O)C(=O)C=C[C@H](O)[C@H]1O. The van der Waals surface area contributed by atoms with Gasteiger partial charge in [0.1, 0.15) is 12.2 Å². The maximum absolute atomic E-state index is 11.6. The van der Waals surface area contributed by atoms with Crippen LogP contribution in [0.5, 0.6) is 0 Å². The lowest BCUT2D eigenvalue weighted by Gasteiger charge is -2.35. The molecule has 102 valence electrons. The standard InChI is InChI=1S/C12H20N2O4/c1-13-6-2-3-7-14-8-12(18)10(16)5-4-9(15)11(12)17/h2-5,9,11,13-15,17-18H,6-8H2,1H3/b3-2-/t9-,11+,12-/m0/s1. The molecule has 0 aromatic carbocycles. The summed E-state index contributed by atoms with van der Waals surface area (Å²) in [6.45, 7) is 1.08. The molecule has 0 radical (unpaired) electrons. The van der Waals surface area contributed by atoms with Gasteiger partial charge in [0.15, 0.2) is 11.4 Å². The Bertz CT molecular complexity index is 343. The Morgan fingerprint density at radius 1 is 1.39 bits per heavy atom. The minimum absolute atomic E-state index is 0.113. The van der Waals surface area contributed by atoms with Gasteiger partial charge in [-0.2, -0.15) is 0 Å². The largest absolute Gasteiger partial charge is 0.386 e. The van der Waals surface area contributed by atoms with E-state index in [1.54, 1.807) is 0 Å². The first-order chi connectivity index (χ1) is 8.52. The van der Waals surface area contributed by atoms with Crippen LogP contribution in [0.3, 0.4) is 0 Å². The molecule has 0 saturated heterocycles. The Balaban J connectivity index is 2.48. The molecule has 18 heavy (non-hydrogen) atoms. The van der Waals surface area contributed by atoms with E-state index in [0.29, 0.717) is 6.54 Å². The quantitative estimate of drug-likeness (QED) is 0.277. The summed E-state index contributed by atoms with van der Waals surface area (Å²) < 4.78 is 0. The van der Waals surface area contributed by atoms with E-state index in [2.05, 4.69) is 10.6 Å². The fraction of sp³-hybridized carbons (Fsp3) is 0.583. The summed E-state index contributed by atoms with van der Waals surface area (Å²) in [7, 11) is 1.82. The predicted molar refractivity (Wildman–Crippen MR) is 67.0 cm³/mol. The van der Waals surface area contributed by atoms with E-state index in [1.165, 1.54) is 6.08 Å². The summed E-state index contributed by atoms with van der Waals surface area (Å²) in [6.07, 6.45) is 3.26. The summed E-state index contributed by atoms with van der Waals surface area (Å²) in [4.78, 5) is 11.6. The molecule has 1 aliphatic rings. The van der Waals surface area contributed by atoms with Crippen molar-refractivity contribution < 1.29 is 20.1 Å². The molecule has 0 heterocycles. The summed E-state index contributed by atoms with van der Waals surface area (Å²) in [5.41, 5.74) is -1.97. The number of hydrogen-bond acceptors (Lipinski definition) is 6. The first kappa shape index (κ1) is 15.0. The normalized spacial score (nSPS) is 32.3. The molecule has 1 rings (SSSR count). The molecule has 0 amide bonds. The van der Waals surface area contributed by atoms with Gasteiger partial charge in [-0.3, -0.25) is 4.79 Å². The van der Waals surface area contributed by atoms with Crippen molar-refractivity contribution in [3.05, 3.63) is 24.3 Å². The van der Waals surface area contributed by atoms with E-state index in [9.17, 15) is 20.1 Å². The Hall–Kier alpha value is -1.05. The van der Waals surface area contributed by atoms with Gasteiger partial charge in [0.2, 0.25) is 0 Å². The number of ketones is 1. The molecule has 0 aliphatic heterocycles. The van der Waals surface area contributed by atoms with E-state index < -0.39 is 23.6 Å². The number of carbonyl (C=O) groups is 1. The van der Waals surface area contributed by atoms with E-state index in [0.717, 1.165) is 12.6 Å². The van der Waals surface area contributed by atoms with Gasteiger partial charge in [-0.25, -0.2) is 0 Å². The Kier molecular flexibility index (Phi) is 5.64. The van der Waals surface area contributed by atoms with Crippen LogP contribution in [-0.2, 0) is 4.79 Å². The van der Waals surface area contributed by atoms with Gasteiger partial charge >= 0.3 is 0 Å². The number of likely N-dealkylation sites (N-methyl/N-ethyl adjacent to an activating group) is 1. The highest BCUT2D eigenvalue weighted by Crippen LogP contribution is 2.20. The first-order valence-electron chi connectivity index (χ1n) is 5.84. The van der Waals surface area contributed by atoms with Crippen molar-refractivity contribution in [2.45, 2.75) is 17.8 Å². The number of aliphatic hydroxyl groups excluding tert-OH is 2. The number of rotatable bonds is 6. The van der Waals surface area contributed by atoms with Crippen LogP contribution in [0.25, 0.3) is 0 Å². The molecular weight excluding hydrogens is 236 g/mol. The highest BCUT2D eigenvalue weighted by atomic mass is 16.4. The second kappa shape index (κ2) is 6.77. The minimum Gasteiger partial charge on any atom is -0.386 e. The fourth-order valence-corrected chi connectivity index (χ4v) is 1.69. The van der Waals surface area contributed by atoms with Crippen molar-refractivity contribution in [1.82, 2.24) is 10.6 Å². The Labute approximate surface area is 106 Å². The lowest BCUT2D eigenvalue weighted by atomic mass is 9.83. The van der Waals surface area contributed by atoms with Crippen LogP contribution in [-0.4, -0.2) is 65.6 Å². The summed E-state index contributed by atoms with van der Waals surface area (Å²) >= 11 is 0. The average molecular weight is 256 g/mol. The molecule has 0 fully saturated rings. The maximum Gasteiger partial charge on any atom is 0.191 e. The molecular formula is C12H20N2O4. The zero-order valence-electron chi connectivity index (χ0n) is 10.3. The van der Waals surface area contributed by atoms with Gasteiger partial charge in [0.05, 0.1) is 0 Å². The molecule has 5 N–H and O–H groups in total. The zero-order valence-corrected chi connectivity index (χ0v) is 10.3. The molecule has 0 unspecified atom stereocenters. The third-order valence-corrected chi connectivity index (χ3v) is 2.83. The van der Waals surface area contributed by atoms with Crippen LogP contribution in [0.2, 0.25) is 0 Å². The predicted octanol–water partition coefficient (Wildman–Crippen LogP) is -2.06. The maximum atomic E-state index is 11.6. The van der Waals surface area contributed by atoms with Crippen molar-refractivity contribution in [2.24, 2.45) is 0 Å². The molecule has 0 aromatic heterocycles. The van der Waals surface area contributed by atoms with Gasteiger partial charge in [-0.05, 0) is 19.2 Å². The second-order valence-electron chi connectivity index (χ2n) is 4.24. The Morgan fingerprint density at radius 2 is 2.06 bits per heavy atom. The number of aliphatic hydroxyl groups is 3. The molecule has 6 nitrogen and oxygen atoms in total. The average Bonchev–Trinajstić information content (AvgIpc) is 2.36. The molecule has 6 heteroatoms. The van der Waals surface area contributed by atoms with Crippen molar-refractivity contribution >= 4 is 5.78 Å². The number of hydrogen-bond donors (Lipinski definition) is 5. The van der Waals surface area contributed by atoms with Gasteiger partial charge in [-0.1, -0.05) is 12.2 Å². The molecule has 0 saturated carbocycles.